The normalized spacial score (nSPS) is 10.1. The molecule has 2 aromatic rings. The van der Waals surface area contributed by atoms with Crippen LogP contribution in [-0.2, 0) is 0 Å². The first-order chi connectivity index (χ1) is 7.66. The van der Waals surface area contributed by atoms with Crippen LogP contribution < -0.4 is 11.1 Å². The Morgan fingerprint density at radius 3 is 2.88 bits per heavy atom. The summed E-state index contributed by atoms with van der Waals surface area (Å²) in [6, 6.07) is 9.82. The number of nitrogens with one attached hydrogen (secondary N) is 1. The SMILES string of the molecule is Cc1cccc(Nc2ccnc(Cl)c2N)c1. The molecule has 4 heteroatoms. The van der Waals surface area contributed by atoms with Gasteiger partial charge in [0.15, 0.2) is 5.15 Å². The van der Waals surface area contributed by atoms with E-state index in [-0.39, 0.29) is 0 Å². The molecule has 0 amide bonds. The largest absolute Gasteiger partial charge is 0.395 e. The van der Waals surface area contributed by atoms with Crippen LogP contribution >= 0.6 is 11.6 Å². The standard InChI is InChI=1S/C12H12ClN3/c1-8-3-2-4-9(7-8)16-10-5-6-15-12(13)11(10)14/h2-7H,14H2,1H3,(H,15,16). The van der Waals surface area contributed by atoms with Gasteiger partial charge < -0.3 is 11.1 Å². The van der Waals surface area contributed by atoms with Gasteiger partial charge in [-0.25, -0.2) is 4.98 Å². The van der Waals surface area contributed by atoms with Crippen LogP contribution in [0.5, 0.6) is 0 Å². The van der Waals surface area contributed by atoms with Crippen molar-refractivity contribution in [3.8, 4) is 0 Å². The molecule has 2 rings (SSSR count). The number of hydrogen-bond acceptors (Lipinski definition) is 3. The van der Waals surface area contributed by atoms with Gasteiger partial charge in [-0.15, -0.1) is 0 Å². The average Bonchev–Trinajstić information content (AvgIpc) is 2.25. The summed E-state index contributed by atoms with van der Waals surface area (Å²) in [6.07, 6.45) is 1.62. The highest BCUT2D eigenvalue weighted by Gasteiger charge is 2.03. The van der Waals surface area contributed by atoms with Crippen molar-refractivity contribution in [3.05, 3.63) is 47.2 Å². The number of aromatic nitrogens is 1. The lowest BCUT2D eigenvalue weighted by Crippen LogP contribution is -1.98. The third kappa shape index (κ3) is 2.25. The third-order valence-corrected chi connectivity index (χ3v) is 2.54. The summed E-state index contributed by atoms with van der Waals surface area (Å²) in [5.41, 5.74) is 9.21. The molecule has 0 aliphatic carbocycles. The van der Waals surface area contributed by atoms with E-state index >= 15 is 0 Å². The minimum Gasteiger partial charge on any atom is -0.395 e. The van der Waals surface area contributed by atoms with Crippen LogP contribution in [0.25, 0.3) is 0 Å². The summed E-state index contributed by atoms with van der Waals surface area (Å²) in [6.45, 7) is 2.04. The molecule has 0 radical (unpaired) electrons. The van der Waals surface area contributed by atoms with E-state index in [4.69, 9.17) is 17.3 Å². The van der Waals surface area contributed by atoms with Crippen LogP contribution in [0.2, 0.25) is 5.15 Å². The molecule has 0 spiro atoms. The zero-order valence-corrected chi connectivity index (χ0v) is 9.62. The van der Waals surface area contributed by atoms with E-state index < -0.39 is 0 Å². The summed E-state index contributed by atoms with van der Waals surface area (Å²) >= 11 is 5.84. The number of anilines is 3. The second kappa shape index (κ2) is 4.41. The van der Waals surface area contributed by atoms with Crippen LogP contribution in [0.3, 0.4) is 0 Å². The summed E-state index contributed by atoms with van der Waals surface area (Å²) in [5, 5.41) is 3.52. The second-order valence-electron chi connectivity index (χ2n) is 3.56. The zero-order chi connectivity index (χ0) is 11.5. The van der Waals surface area contributed by atoms with Crippen LogP contribution in [0.4, 0.5) is 17.1 Å². The number of nitrogens with two attached hydrogens (primary N) is 1. The molecule has 1 aromatic carbocycles. The minimum absolute atomic E-state index is 0.317. The van der Waals surface area contributed by atoms with Gasteiger partial charge in [0.25, 0.3) is 0 Å². The molecule has 0 fully saturated rings. The molecule has 1 heterocycles. The Balaban J connectivity index is 2.31. The van der Waals surface area contributed by atoms with E-state index in [0.29, 0.717) is 10.8 Å². The fraction of sp³-hybridized carbons (Fsp3) is 0.0833. The second-order valence-corrected chi connectivity index (χ2v) is 3.92. The maximum Gasteiger partial charge on any atom is 0.154 e. The van der Waals surface area contributed by atoms with Crippen molar-refractivity contribution in [1.82, 2.24) is 4.98 Å². The first-order valence-electron chi connectivity index (χ1n) is 4.90. The van der Waals surface area contributed by atoms with E-state index in [0.717, 1.165) is 11.4 Å². The first-order valence-corrected chi connectivity index (χ1v) is 5.28. The van der Waals surface area contributed by atoms with Gasteiger partial charge in [0.2, 0.25) is 0 Å². The number of nitrogen functional groups attached to an aromatic ring is 1. The number of hydrogen-bond donors (Lipinski definition) is 2. The molecular weight excluding hydrogens is 222 g/mol. The number of rotatable bonds is 2. The predicted octanol–water partition coefficient (Wildman–Crippen LogP) is 3.37. The van der Waals surface area contributed by atoms with Gasteiger partial charge in [0.05, 0.1) is 11.4 Å². The molecule has 3 nitrogen and oxygen atoms in total. The lowest BCUT2D eigenvalue weighted by molar-refractivity contribution is 1.32. The maximum absolute atomic E-state index is 5.84. The van der Waals surface area contributed by atoms with Crippen molar-refractivity contribution in [2.24, 2.45) is 0 Å². The van der Waals surface area contributed by atoms with E-state index in [1.165, 1.54) is 5.56 Å². The Morgan fingerprint density at radius 1 is 1.31 bits per heavy atom. The Labute approximate surface area is 99.3 Å². The number of benzene rings is 1. The van der Waals surface area contributed by atoms with Crippen molar-refractivity contribution in [1.29, 1.82) is 0 Å². The van der Waals surface area contributed by atoms with Gasteiger partial charge in [-0.3, -0.25) is 0 Å². The van der Waals surface area contributed by atoms with Gasteiger partial charge in [0.1, 0.15) is 0 Å². The molecule has 0 saturated carbocycles. The van der Waals surface area contributed by atoms with Crippen molar-refractivity contribution in [2.75, 3.05) is 11.1 Å². The molecule has 0 aliphatic rings. The fourth-order valence-electron chi connectivity index (χ4n) is 1.44. The summed E-state index contributed by atoms with van der Waals surface area (Å²) in [4.78, 5) is 3.90. The Hall–Kier alpha value is -1.74. The van der Waals surface area contributed by atoms with Crippen LogP contribution in [-0.4, -0.2) is 4.98 Å². The number of aryl methyl sites for hydroxylation is 1. The van der Waals surface area contributed by atoms with Gasteiger partial charge in [-0.05, 0) is 30.7 Å². The highest BCUT2D eigenvalue weighted by molar-refractivity contribution is 6.32. The number of halogens is 1. The molecule has 0 atom stereocenters. The monoisotopic (exact) mass is 233 g/mol. The lowest BCUT2D eigenvalue weighted by atomic mass is 10.2. The molecular formula is C12H12ClN3. The van der Waals surface area contributed by atoms with E-state index in [9.17, 15) is 0 Å². The van der Waals surface area contributed by atoms with Crippen LogP contribution in [0, 0.1) is 6.92 Å². The lowest BCUT2D eigenvalue weighted by Gasteiger charge is -2.10. The highest BCUT2D eigenvalue weighted by Crippen LogP contribution is 2.27. The summed E-state index contributed by atoms with van der Waals surface area (Å²) in [5.74, 6) is 0. The Bertz CT molecular complexity index is 511. The fourth-order valence-corrected chi connectivity index (χ4v) is 1.59. The van der Waals surface area contributed by atoms with Crippen molar-refractivity contribution >= 4 is 28.7 Å². The molecule has 16 heavy (non-hydrogen) atoms. The third-order valence-electron chi connectivity index (χ3n) is 2.24. The van der Waals surface area contributed by atoms with Crippen molar-refractivity contribution in [2.45, 2.75) is 6.92 Å². The zero-order valence-electron chi connectivity index (χ0n) is 8.87. The molecule has 3 N–H and O–H groups in total. The van der Waals surface area contributed by atoms with Crippen molar-refractivity contribution in [3.63, 3.8) is 0 Å². The minimum atomic E-state index is 0.317. The van der Waals surface area contributed by atoms with Crippen LogP contribution in [0.15, 0.2) is 36.5 Å². The van der Waals surface area contributed by atoms with E-state index in [1.807, 2.05) is 31.2 Å². The summed E-state index contributed by atoms with van der Waals surface area (Å²) < 4.78 is 0. The Morgan fingerprint density at radius 2 is 2.12 bits per heavy atom. The number of pyridine rings is 1. The molecule has 0 aliphatic heterocycles. The Kier molecular flexibility index (Phi) is 2.97. The molecule has 0 saturated heterocycles. The van der Waals surface area contributed by atoms with Crippen molar-refractivity contribution < 1.29 is 0 Å². The smallest absolute Gasteiger partial charge is 0.154 e. The number of nitrogens with zero attached hydrogens (tertiary/aromatic N) is 1. The topological polar surface area (TPSA) is 50.9 Å². The van der Waals surface area contributed by atoms with Gasteiger partial charge in [0, 0.05) is 11.9 Å². The van der Waals surface area contributed by atoms with Gasteiger partial charge in [-0.2, -0.15) is 0 Å². The summed E-state index contributed by atoms with van der Waals surface area (Å²) in [7, 11) is 0. The van der Waals surface area contributed by atoms with Gasteiger partial charge >= 0.3 is 0 Å². The first kappa shape index (κ1) is 10.8. The maximum atomic E-state index is 5.84. The van der Waals surface area contributed by atoms with E-state index in [2.05, 4.69) is 10.3 Å². The van der Waals surface area contributed by atoms with E-state index in [1.54, 1.807) is 12.3 Å². The average molecular weight is 234 g/mol. The molecule has 1 aromatic heterocycles. The molecule has 0 unspecified atom stereocenters. The quantitative estimate of drug-likeness (QED) is 0.782. The molecule has 0 bridgehead atoms. The predicted molar refractivity (Wildman–Crippen MR) is 68.1 cm³/mol. The van der Waals surface area contributed by atoms with Crippen LogP contribution in [0.1, 0.15) is 5.56 Å². The highest BCUT2D eigenvalue weighted by atomic mass is 35.5. The molecule has 82 valence electrons. The van der Waals surface area contributed by atoms with Gasteiger partial charge in [-0.1, -0.05) is 23.7 Å².